The Morgan fingerprint density at radius 1 is 1.02 bits per heavy atom. The molecule has 5 rings (SSSR count). The van der Waals surface area contributed by atoms with Crippen LogP contribution in [0.3, 0.4) is 0 Å². The maximum Gasteiger partial charge on any atom is 0.306 e. The zero-order chi connectivity index (χ0) is 29.0. The first-order chi connectivity index (χ1) is 19.7. The van der Waals surface area contributed by atoms with Gasteiger partial charge in [-0.3, -0.25) is 9.59 Å². The number of esters is 1. The minimum atomic E-state index is -0.503. The molecule has 3 aromatic carbocycles. The molecule has 0 bridgehead atoms. The number of amides is 1. The lowest BCUT2D eigenvalue weighted by molar-refractivity contribution is -0.154. The maximum absolute atomic E-state index is 13.6. The number of carbonyl (C=O) groups excluding carboxylic acids is 2. The summed E-state index contributed by atoms with van der Waals surface area (Å²) in [5.41, 5.74) is 5.56. The van der Waals surface area contributed by atoms with Gasteiger partial charge in [0.25, 0.3) is 0 Å². The zero-order valence-corrected chi connectivity index (χ0v) is 24.8. The van der Waals surface area contributed by atoms with Crippen LogP contribution in [0.5, 0.6) is 0 Å². The standard InChI is InChI=1S/C34H38ClN3O3/c1-34(2,3)41-32(40)16-12-25-22-36-29-15-11-23(19-28(25)29)20-31(39)37-33(24-9-5-4-6-10-24)27-14-13-26(35)21-30(27)38-17-7-8-18-38/h4-6,9-11,13-15,19,21-22,33,36H,7-8,12,16-18,20H2,1-3H3,(H,37,39). The Morgan fingerprint density at radius 2 is 1.78 bits per heavy atom. The molecule has 0 radical (unpaired) electrons. The number of benzene rings is 3. The monoisotopic (exact) mass is 571 g/mol. The molecule has 2 N–H and O–H groups in total. The third kappa shape index (κ3) is 7.31. The molecule has 7 heteroatoms. The van der Waals surface area contributed by atoms with Crippen LogP contribution >= 0.6 is 11.6 Å². The second-order valence-electron chi connectivity index (χ2n) is 11.8. The summed E-state index contributed by atoms with van der Waals surface area (Å²) >= 11 is 6.44. The first kappa shape index (κ1) is 28.7. The molecule has 41 heavy (non-hydrogen) atoms. The quantitative estimate of drug-likeness (QED) is 0.209. The summed E-state index contributed by atoms with van der Waals surface area (Å²) in [7, 11) is 0. The fourth-order valence-electron chi connectivity index (χ4n) is 5.55. The molecular formula is C34H38ClN3O3. The smallest absolute Gasteiger partial charge is 0.306 e. The Labute approximate surface area is 247 Å². The second-order valence-corrected chi connectivity index (χ2v) is 12.2. The van der Waals surface area contributed by atoms with Crippen molar-refractivity contribution in [3.63, 3.8) is 0 Å². The van der Waals surface area contributed by atoms with Crippen molar-refractivity contribution in [2.24, 2.45) is 0 Å². The fraction of sp³-hybridized carbons (Fsp3) is 0.353. The number of nitrogens with zero attached hydrogens (tertiary/aromatic N) is 1. The van der Waals surface area contributed by atoms with Crippen LogP contribution in [0.1, 0.15) is 68.3 Å². The topological polar surface area (TPSA) is 74.4 Å². The number of aryl methyl sites for hydroxylation is 1. The molecule has 4 aromatic rings. The van der Waals surface area contributed by atoms with Crippen LogP contribution in [0.4, 0.5) is 5.69 Å². The lowest BCUT2D eigenvalue weighted by Gasteiger charge is -2.27. The third-order valence-corrected chi connectivity index (χ3v) is 7.64. The third-order valence-electron chi connectivity index (χ3n) is 7.40. The predicted molar refractivity (Wildman–Crippen MR) is 165 cm³/mol. The first-order valence-corrected chi connectivity index (χ1v) is 14.7. The molecule has 2 heterocycles. The number of halogens is 1. The van der Waals surface area contributed by atoms with Gasteiger partial charge < -0.3 is 19.9 Å². The molecule has 1 aromatic heterocycles. The number of H-pyrrole nitrogens is 1. The molecular weight excluding hydrogens is 534 g/mol. The van der Waals surface area contributed by atoms with Crippen molar-refractivity contribution in [1.82, 2.24) is 10.3 Å². The lowest BCUT2D eigenvalue weighted by Crippen LogP contribution is -2.32. The summed E-state index contributed by atoms with van der Waals surface area (Å²) in [4.78, 5) is 31.5. The van der Waals surface area contributed by atoms with Crippen LogP contribution in [0, 0.1) is 0 Å². The van der Waals surface area contributed by atoms with E-state index in [1.54, 1.807) is 0 Å². The van der Waals surface area contributed by atoms with Crippen molar-refractivity contribution >= 4 is 40.1 Å². The molecule has 0 spiro atoms. The Morgan fingerprint density at radius 3 is 2.51 bits per heavy atom. The van der Waals surface area contributed by atoms with Crippen molar-refractivity contribution < 1.29 is 14.3 Å². The van der Waals surface area contributed by atoms with E-state index in [0.717, 1.165) is 64.8 Å². The summed E-state index contributed by atoms with van der Waals surface area (Å²) in [6.45, 7) is 7.58. The van der Waals surface area contributed by atoms with E-state index in [-0.39, 0.29) is 24.3 Å². The van der Waals surface area contributed by atoms with Crippen LogP contribution in [0.15, 0.2) is 72.9 Å². The van der Waals surface area contributed by atoms with Crippen molar-refractivity contribution in [3.05, 3.63) is 100 Å². The average molecular weight is 572 g/mol. The van der Waals surface area contributed by atoms with Crippen LogP contribution in [-0.2, 0) is 27.2 Å². The number of hydrogen-bond donors (Lipinski definition) is 2. The van der Waals surface area contributed by atoms with Gasteiger partial charge in [0, 0.05) is 52.9 Å². The van der Waals surface area contributed by atoms with Gasteiger partial charge in [-0.2, -0.15) is 0 Å². The van der Waals surface area contributed by atoms with Gasteiger partial charge in [0.2, 0.25) is 5.91 Å². The molecule has 0 saturated carbocycles. The minimum absolute atomic E-state index is 0.0636. The van der Waals surface area contributed by atoms with Gasteiger partial charge in [-0.1, -0.05) is 54.1 Å². The van der Waals surface area contributed by atoms with Crippen LogP contribution < -0.4 is 10.2 Å². The Balaban J connectivity index is 1.35. The van der Waals surface area contributed by atoms with Gasteiger partial charge in [0.1, 0.15) is 5.60 Å². The van der Waals surface area contributed by atoms with E-state index >= 15 is 0 Å². The largest absolute Gasteiger partial charge is 0.460 e. The Hall–Kier alpha value is -3.77. The molecule has 1 atom stereocenters. The van der Waals surface area contributed by atoms with Gasteiger partial charge in [0.15, 0.2) is 0 Å². The summed E-state index contributed by atoms with van der Waals surface area (Å²) in [5, 5.41) is 5.03. The normalized spacial score (nSPS) is 14.3. The molecule has 1 aliphatic heterocycles. The van der Waals surface area contributed by atoms with Gasteiger partial charge in [-0.15, -0.1) is 0 Å². The number of fused-ring (bicyclic) bond motifs is 1. The Bertz CT molecular complexity index is 1520. The number of rotatable bonds is 9. The number of nitrogens with one attached hydrogen (secondary N) is 2. The molecule has 1 amide bonds. The maximum atomic E-state index is 13.6. The number of carbonyl (C=O) groups is 2. The molecule has 1 saturated heterocycles. The van der Waals surface area contributed by atoms with E-state index in [9.17, 15) is 9.59 Å². The van der Waals surface area contributed by atoms with Crippen LogP contribution in [0.25, 0.3) is 10.9 Å². The highest BCUT2D eigenvalue weighted by atomic mass is 35.5. The number of aromatic amines is 1. The molecule has 0 aliphatic carbocycles. The van der Waals surface area contributed by atoms with E-state index in [2.05, 4.69) is 27.3 Å². The van der Waals surface area contributed by atoms with Crippen LogP contribution in [0.2, 0.25) is 5.02 Å². The number of hydrogen-bond acceptors (Lipinski definition) is 4. The van der Waals surface area contributed by atoms with Crippen molar-refractivity contribution in [2.75, 3.05) is 18.0 Å². The summed E-state index contributed by atoms with van der Waals surface area (Å²) in [6.07, 6.45) is 5.34. The summed E-state index contributed by atoms with van der Waals surface area (Å²) in [5.74, 6) is -0.281. The highest BCUT2D eigenvalue weighted by Crippen LogP contribution is 2.35. The van der Waals surface area contributed by atoms with E-state index in [0.29, 0.717) is 17.9 Å². The molecule has 214 valence electrons. The van der Waals surface area contributed by atoms with E-state index in [1.807, 2.05) is 81.6 Å². The van der Waals surface area contributed by atoms with Gasteiger partial charge in [0.05, 0.1) is 12.5 Å². The second kappa shape index (κ2) is 12.4. The van der Waals surface area contributed by atoms with Crippen LogP contribution in [-0.4, -0.2) is 35.6 Å². The number of ether oxygens (including phenoxy) is 1. The highest BCUT2D eigenvalue weighted by molar-refractivity contribution is 6.30. The number of anilines is 1. The minimum Gasteiger partial charge on any atom is -0.460 e. The predicted octanol–water partition coefficient (Wildman–Crippen LogP) is 7.14. The Kier molecular flexibility index (Phi) is 8.69. The van der Waals surface area contributed by atoms with E-state index in [4.69, 9.17) is 16.3 Å². The molecule has 1 unspecified atom stereocenters. The number of aromatic nitrogens is 1. The van der Waals surface area contributed by atoms with Gasteiger partial charge >= 0.3 is 5.97 Å². The van der Waals surface area contributed by atoms with Crippen molar-refractivity contribution in [2.45, 2.75) is 64.5 Å². The SMILES string of the molecule is CC(C)(C)OC(=O)CCc1c[nH]c2ccc(CC(=O)NC(c3ccccc3)c3ccc(Cl)cc3N3CCCC3)cc12. The van der Waals surface area contributed by atoms with Crippen molar-refractivity contribution in [3.8, 4) is 0 Å². The first-order valence-electron chi connectivity index (χ1n) is 14.4. The summed E-state index contributed by atoms with van der Waals surface area (Å²) < 4.78 is 5.47. The van der Waals surface area contributed by atoms with Gasteiger partial charge in [-0.25, -0.2) is 0 Å². The fourth-order valence-corrected chi connectivity index (χ4v) is 5.71. The molecule has 6 nitrogen and oxygen atoms in total. The van der Waals surface area contributed by atoms with E-state index in [1.165, 1.54) is 0 Å². The van der Waals surface area contributed by atoms with Crippen molar-refractivity contribution in [1.29, 1.82) is 0 Å². The van der Waals surface area contributed by atoms with Gasteiger partial charge in [-0.05, 0) is 81.0 Å². The van der Waals surface area contributed by atoms with E-state index < -0.39 is 5.60 Å². The zero-order valence-electron chi connectivity index (χ0n) is 24.0. The molecule has 1 fully saturated rings. The molecule has 1 aliphatic rings. The average Bonchev–Trinajstić information content (AvgIpc) is 3.61. The summed E-state index contributed by atoms with van der Waals surface area (Å²) in [6, 6.07) is 21.8. The highest BCUT2D eigenvalue weighted by Gasteiger charge is 2.24. The lowest BCUT2D eigenvalue weighted by atomic mass is 9.96.